The molecule has 0 radical (unpaired) electrons. The van der Waals surface area contributed by atoms with Gasteiger partial charge in [0.15, 0.2) is 0 Å². The number of nitrogens with one attached hydrogen (secondary N) is 1. The minimum atomic E-state index is -3.29. The Labute approximate surface area is 94.7 Å². The van der Waals surface area contributed by atoms with E-state index in [4.69, 9.17) is 11.6 Å². The molecule has 6 heteroatoms. The Morgan fingerprint density at radius 3 is 2.87 bits per heavy atom. The highest BCUT2D eigenvalue weighted by Crippen LogP contribution is 2.11. The summed E-state index contributed by atoms with van der Waals surface area (Å²) < 4.78 is 25.3. The van der Waals surface area contributed by atoms with Gasteiger partial charge < -0.3 is 0 Å². The van der Waals surface area contributed by atoms with Crippen LogP contribution in [-0.2, 0) is 10.0 Å². The monoisotopic (exact) mass is 248 g/mol. The van der Waals surface area contributed by atoms with E-state index in [9.17, 15) is 8.42 Å². The van der Waals surface area contributed by atoms with Crippen LogP contribution in [-0.4, -0.2) is 25.0 Å². The highest BCUT2D eigenvalue weighted by molar-refractivity contribution is 7.89. The quantitative estimate of drug-likeness (QED) is 0.799. The Kier molecular flexibility index (Phi) is 4.50. The molecule has 0 spiro atoms. The molecular weight excluding hydrogens is 236 g/mol. The Morgan fingerprint density at radius 1 is 1.60 bits per heavy atom. The summed E-state index contributed by atoms with van der Waals surface area (Å²) in [6.07, 6.45) is 3.28. The highest BCUT2D eigenvalue weighted by Gasteiger charge is 2.14. The molecule has 1 heterocycles. The summed E-state index contributed by atoms with van der Waals surface area (Å²) in [6.45, 7) is 1.77. The zero-order valence-electron chi connectivity index (χ0n) is 8.35. The number of hydrogen-bond donors (Lipinski definition) is 1. The van der Waals surface area contributed by atoms with Gasteiger partial charge in [-0.05, 0) is 18.6 Å². The molecule has 84 valence electrons. The normalized spacial score (nSPS) is 13.7. The number of nitrogens with zero attached hydrogens (tertiary/aromatic N) is 1. The second-order valence-corrected chi connectivity index (χ2v) is 5.39. The number of rotatable bonds is 5. The van der Waals surface area contributed by atoms with Gasteiger partial charge in [-0.1, -0.05) is 6.07 Å². The van der Waals surface area contributed by atoms with Crippen molar-refractivity contribution in [1.29, 1.82) is 0 Å². The molecule has 1 aromatic heterocycles. The van der Waals surface area contributed by atoms with Crippen LogP contribution < -0.4 is 4.72 Å². The Balaban J connectivity index is 2.68. The van der Waals surface area contributed by atoms with E-state index < -0.39 is 10.0 Å². The fourth-order valence-corrected chi connectivity index (χ4v) is 2.74. The summed E-state index contributed by atoms with van der Waals surface area (Å²) in [6, 6.07) is 3.30. The van der Waals surface area contributed by atoms with Crippen molar-refractivity contribution in [3.05, 3.63) is 30.1 Å². The van der Waals surface area contributed by atoms with E-state index in [1.54, 1.807) is 25.4 Å². The van der Waals surface area contributed by atoms with Crippen LogP contribution in [0.2, 0.25) is 0 Å². The average Bonchev–Trinajstić information content (AvgIpc) is 2.18. The van der Waals surface area contributed by atoms with Crippen LogP contribution in [0, 0.1) is 0 Å². The first kappa shape index (κ1) is 12.4. The fourth-order valence-electron chi connectivity index (χ4n) is 1.13. The molecule has 4 nitrogen and oxygen atoms in total. The van der Waals surface area contributed by atoms with Gasteiger partial charge in [0.05, 0.1) is 5.75 Å². The van der Waals surface area contributed by atoms with E-state index in [1.807, 2.05) is 6.07 Å². The van der Waals surface area contributed by atoms with Gasteiger partial charge in [0.1, 0.15) is 0 Å². The number of halogens is 1. The van der Waals surface area contributed by atoms with Crippen LogP contribution in [0.5, 0.6) is 0 Å². The van der Waals surface area contributed by atoms with Crippen molar-refractivity contribution in [3.8, 4) is 0 Å². The molecule has 0 aliphatic heterocycles. The summed E-state index contributed by atoms with van der Waals surface area (Å²) in [5.41, 5.74) is 0.829. The molecule has 0 amide bonds. The average molecular weight is 249 g/mol. The minimum absolute atomic E-state index is 0.0703. The molecule has 0 bridgehead atoms. The smallest absolute Gasteiger partial charge is 0.213 e. The van der Waals surface area contributed by atoms with Gasteiger partial charge >= 0.3 is 0 Å². The maximum atomic E-state index is 11.4. The van der Waals surface area contributed by atoms with Gasteiger partial charge in [0.25, 0.3) is 0 Å². The zero-order chi connectivity index (χ0) is 11.3. The van der Waals surface area contributed by atoms with Crippen LogP contribution in [0.1, 0.15) is 18.5 Å². The van der Waals surface area contributed by atoms with Crippen molar-refractivity contribution in [1.82, 2.24) is 9.71 Å². The number of sulfonamides is 1. The fraction of sp³-hybridized carbons (Fsp3) is 0.444. The van der Waals surface area contributed by atoms with Gasteiger partial charge in [-0.2, -0.15) is 0 Å². The highest BCUT2D eigenvalue weighted by atomic mass is 35.5. The summed E-state index contributed by atoms with van der Waals surface area (Å²) in [5.74, 6) is 0.0221. The molecular formula is C9H13ClN2O2S. The first-order valence-corrected chi connectivity index (χ1v) is 6.70. The van der Waals surface area contributed by atoms with Crippen molar-refractivity contribution < 1.29 is 8.42 Å². The van der Waals surface area contributed by atoms with Gasteiger partial charge in [0.2, 0.25) is 10.0 Å². The Morgan fingerprint density at radius 2 is 2.33 bits per heavy atom. The van der Waals surface area contributed by atoms with E-state index >= 15 is 0 Å². The lowest BCUT2D eigenvalue weighted by molar-refractivity contribution is 0.568. The molecule has 1 unspecified atom stereocenters. The van der Waals surface area contributed by atoms with Crippen molar-refractivity contribution in [2.45, 2.75) is 13.0 Å². The lowest BCUT2D eigenvalue weighted by Crippen LogP contribution is -2.29. The first-order chi connectivity index (χ1) is 7.05. The molecule has 1 atom stereocenters. The lowest BCUT2D eigenvalue weighted by Gasteiger charge is -2.13. The lowest BCUT2D eigenvalue weighted by atomic mass is 10.2. The first-order valence-electron chi connectivity index (χ1n) is 4.51. The molecule has 1 aromatic rings. The van der Waals surface area contributed by atoms with Crippen molar-refractivity contribution in [2.75, 3.05) is 11.6 Å². The molecule has 15 heavy (non-hydrogen) atoms. The predicted octanol–water partition coefficient (Wildman–Crippen LogP) is 1.30. The third-order valence-corrected chi connectivity index (χ3v) is 3.75. The maximum Gasteiger partial charge on any atom is 0.213 e. The zero-order valence-corrected chi connectivity index (χ0v) is 9.92. The van der Waals surface area contributed by atoms with E-state index in [2.05, 4.69) is 9.71 Å². The molecule has 0 aliphatic carbocycles. The summed E-state index contributed by atoms with van der Waals surface area (Å²) >= 11 is 5.38. The summed E-state index contributed by atoms with van der Waals surface area (Å²) in [5, 5.41) is 0. The van der Waals surface area contributed by atoms with Crippen molar-refractivity contribution >= 4 is 21.6 Å². The van der Waals surface area contributed by atoms with Gasteiger partial charge in [0, 0.05) is 24.3 Å². The van der Waals surface area contributed by atoms with Gasteiger partial charge in [-0.15, -0.1) is 11.6 Å². The molecule has 0 aliphatic rings. The van der Waals surface area contributed by atoms with E-state index in [-0.39, 0.29) is 17.7 Å². The molecule has 0 saturated heterocycles. The standard InChI is InChI=1S/C9H13ClN2O2S/c1-8(9-3-2-5-11-7-9)12-15(13,14)6-4-10/h2-3,5,7-8,12H,4,6H2,1H3. The number of pyridine rings is 1. The van der Waals surface area contributed by atoms with Crippen LogP contribution in [0.25, 0.3) is 0 Å². The Hall–Kier alpha value is -0.650. The van der Waals surface area contributed by atoms with Crippen LogP contribution in [0.15, 0.2) is 24.5 Å². The van der Waals surface area contributed by atoms with Crippen LogP contribution in [0.4, 0.5) is 0 Å². The van der Waals surface area contributed by atoms with Crippen molar-refractivity contribution in [2.24, 2.45) is 0 Å². The number of alkyl halides is 1. The molecule has 0 aromatic carbocycles. The van der Waals surface area contributed by atoms with Crippen molar-refractivity contribution in [3.63, 3.8) is 0 Å². The minimum Gasteiger partial charge on any atom is -0.264 e. The van der Waals surface area contributed by atoms with E-state index in [0.717, 1.165) is 5.56 Å². The predicted molar refractivity (Wildman–Crippen MR) is 60.3 cm³/mol. The summed E-state index contributed by atoms with van der Waals surface area (Å²) in [7, 11) is -3.29. The topological polar surface area (TPSA) is 59.1 Å². The van der Waals surface area contributed by atoms with Crippen LogP contribution in [0.3, 0.4) is 0 Å². The largest absolute Gasteiger partial charge is 0.264 e. The molecule has 0 saturated carbocycles. The maximum absolute atomic E-state index is 11.4. The molecule has 1 N–H and O–H groups in total. The van der Waals surface area contributed by atoms with Gasteiger partial charge in [-0.3, -0.25) is 4.98 Å². The van der Waals surface area contributed by atoms with Crippen LogP contribution >= 0.6 is 11.6 Å². The number of aromatic nitrogens is 1. The SMILES string of the molecule is CC(NS(=O)(=O)CCCl)c1cccnc1. The molecule has 0 fully saturated rings. The van der Waals surface area contributed by atoms with E-state index in [1.165, 1.54) is 0 Å². The second kappa shape index (κ2) is 5.44. The second-order valence-electron chi connectivity index (χ2n) is 3.13. The van der Waals surface area contributed by atoms with Gasteiger partial charge in [-0.25, -0.2) is 13.1 Å². The van der Waals surface area contributed by atoms with E-state index in [0.29, 0.717) is 0 Å². The third-order valence-electron chi connectivity index (χ3n) is 1.89. The summed E-state index contributed by atoms with van der Waals surface area (Å²) in [4.78, 5) is 3.92. The molecule has 1 rings (SSSR count). The number of hydrogen-bond acceptors (Lipinski definition) is 3. The third kappa shape index (κ3) is 4.15. The Bertz CT molecular complexity index is 394.